The van der Waals surface area contributed by atoms with Gasteiger partial charge in [-0.2, -0.15) is 0 Å². The quantitative estimate of drug-likeness (QED) is 0.165. The molecule has 0 fully saturated rings. The van der Waals surface area contributed by atoms with Crippen LogP contribution in [0.25, 0.3) is 73.7 Å². The summed E-state index contributed by atoms with van der Waals surface area (Å²) in [6.07, 6.45) is 3.66. The number of benzene rings is 8. The fourth-order valence-electron chi connectivity index (χ4n) is 8.64. The highest BCUT2D eigenvalue weighted by molar-refractivity contribution is 7.26. The average Bonchev–Trinajstić information content (AvgIpc) is 3.97. The number of thiophene rings is 2. The van der Waals surface area contributed by atoms with E-state index in [1.165, 1.54) is 98.6 Å². The van der Waals surface area contributed by atoms with Crippen LogP contribution in [0.5, 0.6) is 0 Å². The van der Waals surface area contributed by atoms with E-state index in [2.05, 4.69) is 181 Å². The van der Waals surface area contributed by atoms with Crippen molar-refractivity contribution in [2.75, 3.05) is 4.90 Å². The lowest BCUT2D eigenvalue weighted by Gasteiger charge is -2.25. The topological polar surface area (TPSA) is 3.24 Å². The molecule has 11 rings (SSSR count). The van der Waals surface area contributed by atoms with E-state index in [0.29, 0.717) is 0 Å². The van der Waals surface area contributed by atoms with Gasteiger partial charge in [-0.3, -0.25) is 0 Å². The molecule has 256 valence electrons. The summed E-state index contributed by atoms with van der Waals surface area (Å²) in [7, 11) is 0. The average molecular weight is 726 g/mol. The van der Waals surface area contributed by atoms with Crippen LogP contribution in [-0.2, 0) is 12.8 Å². The van der Waals surface area contributed by atoms with Gasteiger partial charge in [-0.15, -0.1) is 22.7 Å². The lowest BCUT2D eigenvalue weighted by atomic mass is 9.95. The number of rotatable bonds is 6. The number of fused-ring (bicyclic) bond motifs is 7. The molecule has 0 atom stereocenters. The van der Waals surface area contributed by atoms with Crippen LogP contribution < -0.4 is 4.90 Å². The highest BCUT2D eigenvalue weighted by atomic mass is 32.1. The van der Waals surface area contributed by atoms with Gasteiger partial charge in [0.1, 0.15) is 0 Å². The Hall–Kier alpha value is -6.00. The molecule has 2 aromatic heterocycles. The summed E-state index contributed by atoms with van der Waals surface area (Å²) in [6.45, 7) is 0. The molecule has 2 heterocycles. The smallest absolute Gasteiger partial charge is 0.0468 e. The molecule has 1 aliphatic rings. The fraction of sp³-hybridized carbons (Fsp3) is 0.0588. The molecule has 0 bridgehead atoms. The summed E-state index contributed by atoms with van der Waals surface area (Å²) in [4.78, 5) is 2.35. The van der Waals surface area contributed by atoms with Gasteiger partial charge in [-0.05, 0) is 131 Å². The Kier molecular flexibility index (Phi) is 7.50. The first-order chi connectivity index (χ1) is 26.7. The number of anilines is 3. The predicted molar refractivity (Wildman–Crippen MR) is 235 cm³/mol. The Bertz CT molecular complexity index is 2990. The van der Waals surface area contributed by atoms with Crippen molar-refractivity contribution in [1.29, 1.82) is 0 Å². The third-order valence-corrected chi connectivity index (χ3v) is 13.6. The number of nitrogens with zero attached hydrogens (tertiary/aromatic N) is 1. The molecule has 0 saturated heterocycles. The minimum Gasteiger partial charge on any atom is -0.310 e. The van der Waals surface area contributed by atoms with E-state index in [-0.39, 0.29) is 0 Å². The molecule has 1 aliphatic carbocycles. The summed E-state index contributed by atoms with van der Waals surface area (Å²) < 4.78 is 5.32. The van der Waals surface area contributed by atoms with Crippen molar-refractivity contribution < 1.29 is 0 Å². The van der Waals surface area contributed by atoms with E-state index < -0.39 is 0 Å². The van der Waals surface area contributed by atoms with E-state index in [0.717, 1.165) is 17.1 Å². The summed E-state index contributed by atoms with van der Waals surface area (Å²) in [5.41, 5.74) is 14.3. The zero-order valence-electron chi connectivity index (χ0n) is 29.6. The largest absolute Gasteiger partial charge is 0.310 e. The number of hydrogen-bond acceptors (Lipinski definition) is 3. The van der Waals surface area contributed by atoms with Crippen LogP contribution in [0.3, 0.4) is 0 Å². The zero-order valence-corrected chi connectivity index (χ0v) is 31.3. The fourth-order valence-corrected chi connectivity index (χ4v) is 11.0. The first-order valence-corrected chi connectivity index (χ1v) is 20.4. The van der Waals surface area contributed by atoms with Gasteiger partial charge in [0, 0.05) is 57.4 Å². The molecule has 3 heteroatoms. The van der Waals surface area contributed by atoms with Crippen LogP contribution >= 0.6 is 22.7 Å². The van der Waals surface area contributed by atoms with E-state index in [1.807, 2.05) is 22.7 Å². The zero-order chi connectivity index (χ0) is 35.6. The Morgan fingerprint density at radius 1 is 0.370 bits per heavy atom. The molecule has 0 amide bonds. The van der Waals surface area contributed by atoms with E-state index >= 15 is 0 Å². The molecule has 10 aromatic rings. The Morgan fingerprint density at radius 2 is 1.04 bits per heavy atom. The highest BCUT2D eigenvalue weighted by Crippen LogP contribution is 2.45. The third-order valence-electron chi connectivity index (χ3n) is 11.2. The van der Waals surface area contributed by atoms with Crippen molar-refractivity contribution in [2.45, 2.75) is 19.3 Å². The predicted octanol–water partition coefficient (Wildman–Crippen LogP) is 15.4. The molecule has 0 N–H and O–H groups in total. The van der Waals surface area contributed by atoms with Crippen LogP contribution in [0.15, 0.2) is 176 Å². The third kappa shape index (κ3) is 5.27. The van der Waals surface area contributed by atoms with E-state index in [9.17, 15) is 0 Å². The van der Waals surface area contributed by atoms with Crippen LogP contribution in [0, 0.1) is 0 Å². The monoisotopic (exact) mass is 725 g/mol. The van der Waals surface area contributed by atoms with Gasteiger partial charge in [0.25, 0.3) is 0 Å². The van der Waals surface area contributed by atoms with Crippen LogP contribution in [0.2, 0.25) is 0 Å². The molecule has 0 radical (unpaired) electrons. The van der Waals surface area contributed by atoms with Gasteiger partial charge in [0.2, 0.25) is 0 Å². The SMILES string of the molecule is c1ccc(N(c2ccccc2)c2ccc3sc4ccc(-c5cccc(-c6cccc7c6sc6cc(-c8cccc9c8CCC9)ccc67)c5)cc4c3c2)cc1. The van der Waals surface area contributed by atoms with Crippen LogP contribution in [0.4, 0.5) is 17.1 Å². The van der Waals surface area contributed by atoms with Gasteiger partial charge in [0.15, 0.2) is 0 Å². The van der Waals surface area contributed by atoms with E-state index in [4.69, 9.17) is 0 Å². The van der Waals surface area contributed by atoms with Crippen molar-refractivity contribution in [3.8, 4) is 33.4 Å². The van der Waals surface area contributed by atoms with Crippen LogP contribution in [-0.4, -0.2) is 0 Å². The summed E-state index contributed by atoms with van der Waals surface area (Å²) >= 11 is 3.80. The molecule has 0 spiro atoms. The second kappa shape index (κ2) is 12.8. The Labute approximate surface area is 323 Å². The molecule has 54 heavy (non-hydrogen) atoms. The Balaban J connectivity index is 0.989. The normalized spacial score (nSPS) is 12.6. The second-order valence-electron chi connectivity index (χ2n) is 14.4. The van der Waals surface area contributed by atoms with Crippen molar-refractivity contribution in [1.82, 2.24) is 0 Å². The highest BCUT2D eigenvalue weighted by Gasteiger charge is 2.18. The summed E-state index contributed by atoms with van der Waals surface area (Å²) in [6, 6.07) is 65.1. The summed E-state index contributed by atoms with van der Waals surface area (Å²) in [5, 5.41) is 5.27. The molecule has 0 unspecified atom stereocenters. The van der Waals surface area contributed by atoms with Crippen molar-refractivity contribution in [3.63, 3.8) is 0 Å². The first kappa shape index (κ1) is 31.5. The maximum absolute atomic E-state index is 2.43. The lowest BCUT2D eigenvalue weighted by Crippen LogP contribution is -2.09. The van der Waals surface area contributed by atoms with Gasteiger partial charge < -0.3 is 4.90 Å². The summed E-state index contributed by atoms with van der Waals surface area (Å²) in [5.74, 6) is 0. The molecule has 8 aromatic carbocycles. The number of hydrogen-bond donors (Lipinski definition) is 0. The molecular weight excluding hydrogens is 691 g/mol. The Morgan fingerprint density at radius 3 is 1.87 bits per heavy atom. The molecule has 0 saturated carbocycles. The maximum Gasteiger partial charge on any atom is 0.0468 e. The standard InChI is InChI=1S/C51H35NS2/c1-3-15-38(16-4-1)52(39-17-5-2-6-18-39)40-25-28-49-47(32-40)46-30-35(24-27-48(46)53-49)34-13-7-14-36(29-34)43-21-10-22-45-44-26-23-37(31-50(44)54-51(43)45)42-20-9-12-33-11-8-19-41(33)42/h1-7,9-10,12-18,20-32H,8,11,19H2. The van der Waals surface area contributed by atoms with E-state index in [1.54, 1.807) is 5.56 Å². The molecular formula is C51H35NS2. The van der Waals surface area contributed by atoms with Gasteiger partial charge in [0.05, 0.1) is 0 Å². The van der Waals surface area contributed by atoms with Crippen molar-refractivity contribution >= 4 is 80.1 Å². The number of aryl methyl sites for hydroxylation is 1. The molecule has 0 aliphatic heterocycles. The van der Waals surface area contributed by atoms with Gasteiger partial charge in [-0.1, -0.05) is 109 Å². The van der Waals surface area contributed by atoms with Crippen molar-refractivity contribution in [2.24, 2.45) is 0 Å². The minimum atomic E-state index is 1.15. The van der Waals surface area contributed by atoms with Gasteiger partial charge >= 0.3 is 0 Å². The number of para-hydroxylation sites is 2. The van der Waals surface area contributed by atoms with Crippen LogP contribution in [0.1, 0.15) is 17.5 Å². The van der Waals surface area contributed by atoms with Gasteiger partial charge in [-0.25, -0.2) is 0 Å². The lowest BCUT2D eigenvalue weighted by molar-refractivity contribution is 0.912. The maximum atomic E-state index is 2.43. The second-order valence-corrected chi connectivity index (χ2v) is 16.5. The first-order valence-electron chi connectivity index (χ1n) is 18.8. The molecule has 1 nitrogen and oxygen atoms in total. The van der Waals surface area contributed by atoms with Crippen molar-refractivity contribution in [3.05, 3.63) is 187 Å². The minimum absolute atomic E-state index is 1.15.